The van der Waals surface area contributed by atoms with E-state index in [0.717, 1.165) is 36.6 Å². The number of piperidine rings is 1. The fraction of sp³-hybridized carbons (Fsp3) is 0.389. The molecule has 0 aromatic heterocycles. The van der Waals surface area contributed by atoms with E-state index in [0.29, 0.717) is 23.4 Å². The van der Waals surface area contributed by atoms with Crippen molar-refractivity contribution in [1.29, 1.82) is 0 Å². The van der Waals surface area contributed by atoms with Crippen molar-refractivity contribution in [3.63, 3.8) is 0 Å². The molecule has 0 radical (unpaired) electrons. The molecule has 0 spiro atoms. The van der Waals surface area contributed by atoms with E-state index in [-0.39, 0.29) is 23.8 Å². The van der Waals surface area contributed by atoms with Crippen molar-refractivity contribution in [2.24, 2.45) is 0 Å². The first-order chi connectivity index (χ1) is 12.1. The second-order valence-electron chi connectivity index (χ2n) is 6.13. The van der Waals surface area contributed by atoms with Crippen LogP contribution in [0.25, 0.3) is 6.08 Å². The molecule has 1 atom stereocenters. The van der Waals surface area contributed by atoms with Crippen LogP contribution >= 0.6 is 11.8 Å². The Kier molecular flexibility index (Phi) is 5.55. The van der Waals surface area contributed by atoms with Crippen molar-refractivity contribution in [2.45, 2.75) is 31.7 Å². The summed E-state index contributed by atoms with van der Waals surface area (Å²) in [7, 11) is 0. The van der Waals surface area contributed by atoms with Gasteiger partial charge in [0.1, 0.15) is 0 Å². The van der Waals surface area contributed by atoms with E-state index in [1.54, 1.807) is 30.3 Å². The molecule has 0 saturated carbocycles. The second kappa shape index (κ2) is 7.84. The summed E-state index contributed by atoms with van der Waals surface area (Å²) in [6, 6.07) is 7.10. The lowest BCUT2D eigenvalue weighted by atomic mass is 9.98. The smallest absolute Gasteiger partial charge is 0.290 e. The van der Waals surface area contributed by atoms with Gasteiger partial charge in [-0.05, 0) is 61.2 Å². The number of nitrogens with one attached hydrogen (secondary N) is 1. The zero-order valence-corrected chi connectivity index (χ0v) is 14.6. The molecule has 2 N–H and O–H groups in total. The number of benzene rings is 1. The predicted octanol–water partition coefficient (Wildman–Crippen LogP) is 2.39. The van der Waals surface area contributed by atoms with Gasteiger partial charge in [-0.2, -0.15) is 0 Å². The molecule has 7 heteroatoms. The van der Waals surface area contributed by atoms with Crippen molar-refractivity contribution < 1.29 is 19.5 Å². The number of aliphatic hydroxyl groups excluding tert-OH is 1. The first kappa shape index (κ1) is 17.7. The van der Waals surface area contributed by atoms with Crippen LogP contribution in [0.3, 0.4) is 0 Å². The Balaban J connectivity index is 1.73. The lowest BCUT2D eigenvalue weighted by Gasteiger charge is -2.35. The van der Waals surface area contributed by atoms with Crippen molar-refractivity contribution in [1.82, 2.24) is 10.2 Å². The number of nitrogens with zero attached hydrogens (tertiary/aromatic N) is 1. The molecule has 1 unspecified atom stereocenters. The van der Waals surface area contributed by atoms with Crippen LogP contribution in [0.15, 0.2) is 29.2 Å². The van der Waals surface area contributed by atoms with Crippen molar-refractivity contribution in [3.05, 3.63) is 40.3 Å². The molecule has 0 bridgehead atoms. The third kappa shape index (κ3) is 4.11. The fourth-order valence-electron chi connectivity index (χ4n) is 3.18. The zero-order valence-electron chi connectivity index (χ0n) is 13.7. The second-order valence-corrected chi connectivity index (χ2v) is 7.15. The lowest BCUT2D eigenvalue weighted by molar-refractivity contribution is -0.115. The maximum atomic E-state index is 12.8. The average Bonchev–Trinajstić information content (AvgIpc) is 2.93. The van der Waals surface area contributed by atoms with Crippen LogP contribution in [-0.2, 0) is 4.79 Å². The van der Waals surface area contributed by atoms with Crippen LogP contribution in [0.2, 0.25) is 0 Å². The van der Waals surface area contributed by atoms with E-state index < -0.39 is 5.91 Å². The topological polar surface area (TPSA) is 86.7 Å². The highest BCUT2D eigenvalue weighted by Crippen LogP contribution is 2.26. The number of carbonyl (C=O) groups is 3. The largest absolute Gasteiger partial charge is 0.396 e. The van der Waals surface area contributed by atoms with Gasteiger partial charge in [0.05, 0.1) is 4.91 Å². The van der Waals surface area contributed by atoms with Gasteiger partial charge in [0.15, 0.2) is 0 Å². The van der Waals surface area contributed by atoms with Gasteiger partial charge in [-0.25, -0.2) is 0 Å². The SMILES string of the molecule is O=C1NC(=O)C(=Cc2ccc(C(=O)N3CCCCC3CCO)cc2)S1. The molecule has 2 heterocycles. The minimum Gasteiger partial charge on any atom is -0.396 e. The number of imide groups is 1. The molecular formula is C18H20N2O4S. The van der Waals surface area contributed by atoms with Crippen LogP contribution in [0.1, 0.15) is 41.6 Å². The standard InChI is InChI=1S/C18H20N2O4S/c21-10-8-14-3-1-2-9-20(14)17(23)13-6-4-12(5-7-13)11-15-16(22)19-18(24)25-15/h4-7,11,14,21H,1-3,8-10H2,(H,19,22,24). The molecule has 2 aliphatic rings. The summed E-state index contributed by atoms with van der Waals surface area (Å²) in [6.07, 6.45) is 5.24. The minimum atomic E-state index is -0.393. The Morgan fingerprint density at radius 1 is 1.28 bits per heavy atom. The highest BCUT2D eigenvalue weighted by Gasteiger charge is 2.27. The Morgan fingerprint density at radius 2 is 2.04 bits per heavy atom. The Labute approximate surface area is 150 Å². The van der Waals surface area contributed by atoms with Crippen molar-refractivity contribution in [3.8, 4) is 0 Å². The van der Waals surface area contributed by atoms with E-state index in [9.17, 15) is 19.5 Å². The summed E-state index contributed by atoms with van der Waals surface area (Å²) >= 11 is 0.870. The monoisotopic (exact) mass is 360 g/mol. The van der Waals surface area contributed by atoms with Gasteiger partial charge >= 0.3 is 0 Å². The van der Waals surface area contributed by atoms with Crippen LogP contribution in [0.4, 0.5) is 4.79 Å². The normalized spacial score (nSPS) is 22.4. The van der Waals surface area contributed by atoms with E-state index in [4.69, 9.17) is 0 Å². The molecule has 1 aromatic carbocycles. The maximum absolute atomic E-state index is 12.8. The molecule has 2 saturated heterocycles. The van der Waals surface area contributed by atoms with Crippen LogP contribution in [-0.4, -0.2) is 46.3 Å². The van der Waals surface area contributed by atoms with Gasteiger partial charge in [-0.1, -0.05) is 12.1 Å². The van der Waals surface area contributed by atoms with Gasteiger partial charge in [-0.15, -0.1) is 0 Å². The summed E-state index contributed by atoms with van der Waals surface area (Å²) in [5, 5.41) is 11.0. The predicted molar refractivity (Wildman–Crippen MR) is 95.9 cm³/mol. The molecule has 132 valence electrons. The van der Waals surface area contributed by atoms with Gasteiger partial charge in [0.25, 0.3) is 17.1 Å². The molecule has 6 nitrogen and oxygen atoms in total. The van der Waals surface area contributed by atoms with E-state index in [2.05, 4.69) is 5.32 Å². The number of aliphatic hydroxyl groups is 1. The molecule has 2 fully saturated rings. The molecule has 3 amide bonds. The van der Waals surface area contributed by atoms with Gasteiger partial charge < -0.3 is 10.0 Å². The summed E-state index contributed by atoms with van der Waals surface area (Å²) in [4.78, 5) is 37.7. The van der Waals surface area contributed by atoms with Gasteiger partial charge in [-0.3, -0.25) is 19.7 Å². The molecular weight excluding hydrogens is 340 g/mol. The third-order valence-electron chi connectivity index (χ3n) is 4.45. The highest BCUT2D eigenvalue weighted by molar-refractivity contribution is 8.18. The van der Waals surface area contributed by atoms with E-state index >= 15 is 0 Å². The number of hydrogen-bond acceptors (Lipinski definition) is 5. The molecule has 1 aromatic rings. The summed E-state index contributed by atoms with van der Waals surface area (Å²) < 4.78 is 0. The number of hydrogen-bond donors (Lipinski definition) is 2. The number of rotatable bonds is 4. The minimum absolute atomic E-state index is 0.0273. The lowest BCUT2D eigenvalue weighted by Crippen LogP contribution is -2.44. The number of likely N-dealkylation sites (tertiary alicyclic amines) is 1. The van der Waals surface area contributed by atoms with E-state index in [1.165, 1.54) is 0 Å². The van der Waals surface area contributed by atoms with Crippen molar-refractivity contribution >= 4 is 34.9 Å². The fourth-order valence-corrected chi connectivity index (χ4v) is 3.86. The Bertz CT molecular complexity index is 712. The number of thioether (sulfide) groups is 1. The molecule has 3 rings (SSSR count). The summed E-state index contributed by atoms with van der Waals surface area (Å²) in [5.41, 5.74) is 1.35. The first-order valence-corrected chi connectivity index (χ1v) is 9.17. The van der Waals surface area contributed by atoms with Gasteiger partial charge in [0, 0.05) is 24.8 Å². The zero-order chi connectivity index (χ0) is 17.8. The Morgan fingerprint density at radius 3 is 2.68 bits per heavy atom. The van der Waals surface area contributed by atoms with Crippen molar-refractivity contribution in [2.75, 3.05) is 13.2 Å². The number of amides is 3. The van der Waals surface area contributed by atoms with Crippen LogP contribution in [0, 0.1) is 0 Å². The molecule has 25 heavy (non-hydrogen) atoms. The Hall–Kier alpha value is -2.12. The highest BCUT2D eigenvalue weighted by atomic mass is 32.2. The average molecular weight is 360 g/mol. The summed E-state index contributed by atoms with van der Waals surface area (Å²) in [5.74, 6) is -0.421. The molecule has 2 aliphatic heterocycles. The maximum Gasteiger partial charge on any atom is 0.290 e. The number of carbonyl (C=O) groups excluding carboxylic acids is 3. The molecule has 0 aliphatic carbocycles. The van der Waals surface area contributed by atoms with E-state index in [1.807, 2.05) is 4.90 Å². The van der Waals surface area contributed by atoms with Crippen LogP contribution in [0.5, 0.6) is 0 Å². The summed E-state index contributed by atoms with van der Waals surface area (Å²) in [6.45, 7) is 0.799. The first-order valence-electron chi connectivity index (χ1n) is 8.35. The van der Waals surface area contributed by atoms with Gasteiger partial charge in [0.2, 0.25) is 0 Å². The quantitative estimate of drug-likeness (QED) is 0.805. The third-order valence-corrected chi connectivity index (χ3v) is 5.26. The van der Waals surface area contributed by atoms with Crippen LogP contribution < -0.4 is 5.32 Å².